The summed E-state index contributed by atoms with van der Waals surface area (Å²) >= 11 is 5.97. The van der Waals surface area contributed by atoms with E-state index in [1.807, 2.05) is 0 Å². The standard InChI is InChI=1S/C18H11ClF3N5O2/c19-14-13(16(28)26-15(25-14)12-6-1-2-7-23-12)17(29)27-24-9-10-4-3-5-11(8-10)18(20,21)22/h1-9H,(H,27,29)(H,25,26,28)/b24-9+. The summed E-state index contributed by atoms with van der Waals surface area (Å²) in [5.41, 5.74) is 1.20. The summed E-state index contributed by atoms with van der Waals surface area (Å²) in [5, 5.41) is 13.3. The van der Waals surface area contributed by atoms with Gasteiger partial charge >= 0.3 is 6.18 Å². The molecule has 2 heterocycles. The van der Waals surface area contributed by atoms with E-state index in [-0.39, 0.29) is 16.5 Å². The monoisotopic (exact) mass is 421 g/mol. The quantitative estimate of drug-likeness (QED) is 0.380. The zero-order valence-corrected chi connectivity index (χ0v) is 15.1. The first-order valence-corrected chi connectivity index (χ1v) is 8.32. The van der Waals surface area contributed by atoms with Gasteiger partial charge in [-0.1, -0.05) is 29.8 Å². The molecule has 0 bridgehead atoms. The van der Waals surface area contributed by atoms with Crippen LogP contribution in [0.2, 0.25) is 5.15 Å². The minimum absolute atomic E-state index is 0.0112. The van der Waals surface area contributed by atoms with Crippen molar-refractivity contribution in [1.82, 2.24) is 20.4 Å². The molecule has 0 saturated heterocycles. The van der Waals surface area contributed by atoms with Gasteiger partial charge in [0, 0.05) is 6.20 Å². The van der Waals surface area contributed by atoms with Crippen LogP contribution < -0.4 is 5.43 Å². The highest BCUT2D eigenvalue weighted by molar-refractivity contribution is 6.33. The van der Waals surface area contributed by atoms with E-state index in [1.54, 1.807) is 18.2 Å². The van der Waals surface area contributed by atoms with Crippen molar-refractivity contribution in [2.45, 2.75) is 6.18 Å². The Balaban J connectivity index is 1.77. The Kier molecular flexibility index (Phi) is 5.74. The normalized spacial score (nSPS) is 11.6. The van der Waals surface area contributed by atoms with E-state index in [1.165, 1.54) is 18.3 Å². The Morgan fingerprint density at radius 3 is 2.62 bits per heavy atom. The molecular formula is C18H11ClF3N5O2. The summed E-state index contributed by atoms with van der Waals surface area (Å²) < 4.78 is 38.1. The van der Waals surface area contributed by atoms with E-state index >= 15 is 0 Å². The number of pyridine rings is 1. The van der Waals surface area contributed by atoms with Crippen LogP contribution >= 0.6 is 11.6 Å². The molecule has 0 radical (unpaired) electrons. The predicted molar refractivity (Wildman–Crippen MR) is 98.4 cm³/mol. The Bertz CT molecular complexity index is 1050. The fraction of sp³-hybridized carbons (Fsp3) is 0.0556. The molecule has 0 unspecified atom stereocenters. The number of hydrogen-bond donors (Lipinski definition) is 2. The van der Waals surface area contributed by atoms with Crippen LogP contribution in [0.5, 0.6) is 5.88 Å². The van der Waals surface area contributed by atoms with Crippen molar-refractivity contribution in [3.63, 3.8) is 0 Å². The number of hydrogen-bond acceptors (Lipinski definition) is 6. The molecule has 0 spiro atoms. The minimum atomic E-state index is -4.50. The van der Waals surface area contributed by atoms with Crippen LogP contribution in [0.25, 0.3) is 11.5 Å². The zero-order valence-electron chi connectivity index (χ0n) is 14.4. The van der Waals surface area contributed by atoms with Crippen molar-refractivity contribution in [2.75, 3.05) is 0 Å². The summed E-state index contributed by atoms with van der Waals surface area (Å²) in [6.07, 6.45) is -1.99. The maximum absolute atomic E-state index is 12.7. The van der Waals surface area contributed by atoms with Crippen molar-refractivity contribution < 1.29 is 23.1 Å². The first kappa shape index (κ1) is 20.2. The summed E-state index contributed by atoms with van der Waals surface area (Å²) in [5.74, 6) is -1.63. The molecular weight excluding hydrogens is 411 g/mol. The number of amides is 1. The second-order valence-electron chi connectivity index (χ2n) is 5.57. The molecule has 2 N–H and O–H groups in total. The van der Waals surface area contributed by atoms with Gasteiger partial charge in [0.15, 0.2) is 5.82 Å². The van der Waals surface area contributed by atoms with E-state index in [0.29, 0.717) is 5.69 Å². The molecule has 0 aliphatic carbocycles. The number of aromatic hydroxyl groups is 1. The van der Waals surface area contributed by atoms with Crippen molar-refractivity contribution in [3.8, 4) is 17.4 Å². The number of halogens is 4. The van der Waals surface area contributed by atoms with Crippen LogP contribution in [0.4, 0.5) is 13.2 Å². The van der Waals surface area contributed by atoms with Crippen LogP contribution in [0.3, 0.4) is 0 Å². The summed E-state index contributed by atoms with van der Waals surface area (Å²) in [6.45, 7) is 0. The van der Waals surface area contributed by atoms with Crippen molar-refractivity contribution >= 4 is 23.7 Å². The van der Waals surface area contributed by atoms with E-state index in [0.717, 1.165) is 18.3 Å². The van der Waals surface area contributed by atoms with Crippen LogP contribution in [-0.4, -0.2) is 32.2 Å². The Hall–Kier alpha value is -3.53. The Morgan fingerprint density at radius 2 is 1.97 bits per heavy atom. The van der Waals surface area contributed by atoms with Gasteiger partial charge in [0.1, 0.15) is 16.4 Å². The van der Waals surface area contributed by atoms with Gasteiger partial charge in [0.05, 0.1) is 11.8 Å². The fourth-order valence-corrected chi connectivity index (χ4v) is 2.49. The third-order valence-electron chi connectivity index (χ3n) is 3.56. The average Bonchev–Trinajstić information content (AvgIpc) is 2.68. The van der Waals surface area contributed by atoms with Gasteiger partial charge in [-0.2, -0.15) is 23.3 Å². The molecule has 0 fully saturated rings. The van der Waals surface area contributed by atoms with Gasteiger partial charge in [-0.25, -0.2) is 10.4 Å². The van der Waals surface area contributed by atoms with Crippen LogP contribution in [0.1, 0.15) is 21.5 Å². The molecule has 148 valence electrons. The lowest BCUT2D eigenvalue weighted by molar-refractivity contribution is -0.137. The van der Waals surface area contributed by atoms with E-state index in [4.69, 9.17) is 11.6 Å². The van der Waals surface area contributed by atoms with E-state index in [2.05, 4.69) is 25.5 Å². The maximum Gasteiger partial charge on any atom is 0.416 e. The summed E-state index contributed by atoms with van der Waals surface area (Å²) in [4.78, 5) is 23.9. The maximum atomic E-state index is 12.7. The van der Waals surface area contributed by atoms with Gasteiger partial charge in [-0.3, -0.25) is 9.78 Å². The fourth-order valence-electron chi connectivity index (χ4n) is 2.24. The van der Waals surface area contributed by atoms with Crippen molar-refractivity contribution in [1.29, 1.82) is 0 Å². The first-order valence-electron chi connectivity index (χ1n) is 7.94. The molecule has 1 aromatic carbocycles. The minimum Gasteiger partial charge on any atom is -0.493 e. The number of nitrogens with zero attached hydrogens (tertiary/aromatic N) is 4. The average molecular weight is 422 g/mol. The molecule has 7 nitrogen and oxygen atoms in total. The van der Waals surface area contributed by atoms with Gasteiger partial charge in [0.25, 0.3) is 5.91 Å². The lowest BCUT2D eigenvalue weighted by Crippen LogP contribution is -2.19. The third kappa shape index (κ3) is 4.85. The molecule has 11 heteroatoms. The zero-order chi connectivity index (χ0) is 21.0. The lowest BCUT2D eigenvalue weighted by atomic mass is 10.1. The molecule has 29 heavy (non-hydrogen) atoms. The van der Waals surface area contributed by atoms with Crippen LogP contribution in [0.15, 0.2) is 53.8 Å². The molecule has 0 aliphatic heterocycles. The number of aromatic nitrogens is 3. The number of carbonyl (C=O) groups is 1. The van der Waals surface area contributed by atoms with Crippen molar-refractivity contribution in [3.05, 3.63) is 70.5 Å². The molecule has 1 amide bonds. The number of carbonyl (C=O) groups excluding carboxylic acids is 1. The molecule has 0 atom stereocenters. The Labute approximate surface area is 166 Å². The van der Waals surface area contributed by atoms with Crippen LogP contribution in [0, 0.1) is 0 Å². The predicted octanol–water partition coefficient (Wildman–Crippen LogP) is 3.68. The summed E-state index contributed by atoms with van der Waals surface area (Å²) in [7, 11) is 0. The first-order chi connectivity index (χ1) is 13.8. The SMILES string of the molecule is O=C(N/N=C/c1cccc(C(F)(F)F)c1)c1c(O)nc(-c2ccccn2)nc1Cl. The van der Waals surface area contributed by atoms with Gasteiger partial charge < -0.3 is 5.11 Å². The number of rotatable bonds is 4. The highest BCUT2D eigenvalue weighted by atomic mass is 35.5. The molecule has 0 saturated carbocycles. The molecule has 2 aromatic heterocycles. The highest BCUT2D eigenvalue weighted by Gasteiger charge is 2.30. The van der Waals surface area contributed by atoms with Gasteiger partial charge in [-0.15, -0.1) is 0 Å². The molecule has 3 rings (SSSR count). The third-order valence-corrected chi connectivity index (χ3v) is 3.83. The number of alkyl halides is 3. The van der Waals surface area contributed by atoms with Crippen molar-refractivity contribution in [2.24, 2.45) is 5.10 Å². The lowest BCUT2D eigenvalue weighted by Gasteiger charge is -2.07. The number of hydrazone groups is 1. The number of benzene rings is 1. The summed E-state index contributed by atoms with van der Waals surface area (Å²) in [6, 6.07) is 9.30. The molecule has 3 aromatic rings. The topological polar surface area (TPSA) is 100 Å². The van der Waals surface area contributed by atoms with Gasteiger partial charge in [0.2, 0.25) is 5.88 Å². The molecule has 0 aliphatic rings. The van der Waals surface area contributed by atoms with Crippen LogP contribution in [-0.2, 0) is 6.18 Å². The number of nitrogens with one attached hydrogen (secondary N) is 1. The van der Waals surface area contributed by atoms with E-state index < -0.39 is 29.1 Å². The second-order valence-corrected chi connectivity index (χ2v) is 5.93. The van der Waals surface area contributed by atoms with E-state index in [9.17, 15) is 23.1 Å². The highest BCUT2D eigenvalue weighted by Crippen LogP contribution is 2.29. The largest absolute Gasteiger partial charge is 0.493 e. The van der Waals surface area contributed by atoms with Gasteiger partial charge in [-0.05, 0) is 29.8 Å². The smallest absolute Gasteiger partial charge is 0.416 e. The second kappa shape index (κ2) is 8.23. The Morgan fingerprint density at radius 1 is 1.17 bits per heavy atom.